The van der Waals surface area contributed by atoms with Crippen molar-refractivity contribution in [3.63, 3.8) is 0 Å². The summed E-state index contributed by atoms with van der Waals surface area (Å²) in [4.78, 5) is 47.5. The van der Waals surface area contributed by atoms with Crippen LogP contribution in [0.1, 0.15) is 53.9 Å². The molecular formula is C27H40O14. The van der Waals surface area contributed by atoms with E-state index in [0.29, 0.717) is 12.0 Å². The van der Waals surface area contributed by atoms with Gasteiger partial charge in [0, 0.05) is 27.2 Å². The number of hydrogen-bond acceptors (Lipinski definition) is 14. The van der Waals surface area contributed by atoms with Crippen LogP contribution in [0.3, 0.4) is 0 Å². The van der Waals surface area contributed by atoms with Gasteiger partial charge in [0.2, 0.25) is 6.29 Å². The average molecular weight is 589 g/mol. The van der Waals surface area contributed by atoms with Gasteiger partial charge >= 0.3 is 23.9 Å². The van der Waals surface area contributed by atoms with Gasteiger partial charge in [-0.3, -0.25) is 19.2 Å². The molecule has 0 radical (unpaired) electrons. The van der Waals surface area contributed by atoms with Crippen molar-refractivity contribution in [1.82, 2.24) is 0 Å². The minimum Gasteiger partial charge on any atom is -0.463 e. The van der Waals surface area contributed by atoms with Crippen molar-refractivity contribution in [2.45, 2.75) is 96.5 Å². The SMILES string of the molecule is CC(=O)OC[C@@]1(O)CC[C@@H]2C(CO[C@@H]3O[C@H](CO)[C@@H](O)[C@@H](OC(C)=O)[C@H]3OC(C)=O)=CO[C@H](OC(=O)CC(C)C)[C@@H]21. The van der Waals surface area contributed by atoms with Gasteiger partial charge in [-0.05, 0) is 30.3 Å². The molecule has 2 heterocycles. The van der Waals surface area contributed by atoms with Crippen molar-refractivity contribution >= 4 is 23.9 Å². The molecule has 3 rings (SSSR count). The van der Waals surface area contributed by atoms with Crippen molar-refractivity contribution in [2.24, 2.45) is 17.8 Å². The Morgan fingerprint density at radius 2 is 1.68 bits per heavy atom. The minimum absolute atomic E-state index is 0.0302. The van der Waals surface area contributed by atoms with Crippen LogP contribution in [0, 0.1) is 17.8 Å². The lowest BCUT2D eigenvalue weighted by Gasteiger charge is -2.43. The van der Waals surface area contributed by atoms with E-state index in [2.05, 4.69) is 0 Å². The third-order valence-corrected chi connectivity index (χ3v) is 7.23. The van der Waals surface area contributed by atoms with Crippen LogP contribution in [0.5, 0.6) is 0 Å². The maximum Gasteiger partial charge on any atom is 0.309 e. The van der Waals surface area contributed by atoms with Gasteiger partial charge in [-0.15, -0.1) is 0 Å². The van der Waals surface area contributed by atoms with Gasteiger partial charge < -0.3 is 48.5 Å². The molecule has 3 aliphatic rings. The first kappa shape index (κ1) is 32.7. The normalized spacial score (nSPS) is 34.6. The lowest BCUT2D eigenvalue weighted by Crippen LogP contribution is -2.61. The summed E-state index contributed by atoms with van der Waals surface area (Å²) in [5.41, 5.74) is -1.03. The Balaban J connectivity index is 1.83. The second-order valence-electron chi connectivity index (χ2n) is 11.0. The fourth-order valence-corrected chi connectivity index (χ4v) is 5.46. The van der Waals surface area contributed by atoms with Gasteiger partial charge in [-0.2, -0.15) is 0 Å². The molecule has 3 N–H and O–H groups in total. The Kier molecular flexibility index (Phi) is 11.1. The van der Waals surface area contributed by atoms with E-state index in [0.717, 1.165) is 13.8 Å². The zero-order chi connectivity index (χ0) is 30.5. The number of fused-ring (bicyclic) bond motifs is 1. The van der Waals surface area contributed by atoms with Crippen LogP contribution in [0.25, 0.3) is 0 Å². The first-order valence-electron chi connectivity index (χ1n) is 13.6. The second kappa shape index (κ2) is 13.9. The largest absolute Gasteiger partial charge is 0.463 e. The lowest BCUT2D eigenvalue weighted by molar-refractivity contribution is -0.304. The molecule has 14 nitrogen and oxygen atoms in total. The molecule has 14 heteroatoms. The van der Waals surface area contributed by atoms with E-state index < -0.39 is 84.9 Å². The summed E-state index contributed by atoms with van der Waals surface area (Å²) >= 11 is 0. The molecule has 2 aliphatic heterocycles. The highest BCUT2D eigenvalue weighted by Gasteiger charge is 2.57. The van der Waals surface area contributed by atoms with Crippen molar-refractivity contribution < 1.29 is 67.7 Å². The predicted molar refractivity (Wildman–Crippen MR) is 135 cm³/mol. The molecule has 0 aromatic rings. The number of hydrogen-bond donors (Lipinski definition) is 3. The maximum absolute atomic E-state index is 12.5. The van der Waals surface area contributed by atoms with Crippen molar-refractivity contribution in [2.75, 3.05) is 19.8 Å². The van der Waals surface area contributed by atoms with Crippen LogP contribution in [-0.2, 0) is 52.3 Å². The van der Waals surface area contributed by atoms with Gasteiger partial charge in [0.05, 0.1) is 25.4 Å². The van der Waals surface area contributed by atoms with Crippen LogP contribution in [0.4, 0.5) is 0 Å². The Morgan fingerprint density at radius 3 is 2.27 bits per heavy atom. The van der Waals surface area contributed by atoms with E-state index in [1.807, 2.05) is 13.8 Å². The molecule has 1 saturated carbocycles. The Bertz CT molecular complexity index is 994. The van der Waals surface area contributed by atoms with Crippen molar-refractivity contribution in [3.8, 4) is 0 Å². The molecule has 0 amide bonds. The van der Waals surface area contributed by atoms with Crippen molar-refractivity contribution in [3.05, 3.63) is 11.8 Å². The Morgan fingerprint density at radius 1 is 1.02 bits per heavy atom. The molecule has 1 aliphatic carbocycles. The average Bonchev–Trinajstić information content (AvgIpc) is 3.22. The van der Waals surface area contributed by atoms with Gasteiger partial charge in [0.25, 0.3) is 0 Å². The second-order valence-corrected chi connectivity index (χ2v) is 11.0. The molecule has 0 spiro atoms. The van der Waals surface area contributed by atoms with Gasteiger partial charge in [-0.25, -0.2) is 0 Å². The van der Waals surface area contributed by atoms with E-state index in [1.54, 1.807) is 0 Å². The van der Waals surface area contributed by atoms with Gasteiger partial charge in [0.1, 0.15) is 24.4 Å². The summed E-state index contributed by atoms with van der Waals surface area (Å²) in [6.45, 7) is 6.00. The van der Waals surface area contributed by atoms with Gasteiger partial charge in [0.15, 0.2) is 18.5 Å². The smallest absolute Gasteiger partial charge is 0.309 e. The van der Waals surface area contributed by atoms with E-state index in [1.165, 1.54) is 13.2 Å². The maximum atomic E-state index is 12.5. The topological polar surface area (TPSA) is 194 Å². The fraction of sp³-hybridized carbons (Fsp3) is 0.778. The molecule has 0 bridgehead atoms. The first-order chi connectivity index (χ1) is 19.2. The molecule has 41 heavy (non-hydrogen) atoms. The number of carbonyl (C=O) groups excluding carboxylic acids is 4. The first-order valence-corrected chi connectivity index (χ1v) is 13.6. The quantitative estimate of drug-likeness (QED) is 0.217. The summed E-state index contributed by atoms with van der Waals surface area (Å²) in [5, 5.41) is 31.8. The highest BCUT2D eigenvalue weighted by Crippen LogP contribution is 2.49. The zero-order valence-corrected chi connectivity index (χ0v) is 23.8. The Hall–Kier alpha value is -2.78. The highest BCUT2D eigenvalue weighted by atomic mass is 16.7. The number of aliphatic hydroxyl groups is 3. The van der Waals surface area contributed by atoms with E-state index in [4.69, 9.17) is 33.2 Å². The summed E-state index contributed by atoms with van der Waals surface area (Å²) in [5.74, 6) is -3.81. The van der Waals surface area contributed by atoms with E-state index in [-0.39, 0.29) is 32.0 Å². The molecular weight excluding hydrogens is 548 g/mol. The molecule has 2 fully saturated rings. The molecule has 1 saturated heterocycles. The van der Waals surface area contributed by atoms with E-state index >= 15 is 0 Å². The van der Waals surface area contributed by atoms with Crippen LogP contribution < -0.4 is 0 Å². The predicted octanol–water partition coefficient (Wildman–Crippen LogP) is 0.0944. The summed E-state index contributed by atoms with van der Waals surface area (Å²) in [6.07, 6.45) is -5.90. The third-order valence-electron chi connectivity index (χ3n) is 7.23. The van der Waals surface area contributed by atoms with Crippen LogP contribution in [0.15, 0.2) is 11.8 Å². The summed E-state index contributed by atoms with van der Waals surface area (Å²) < 4.78 is 38.5. The molecule has 0 aromatic carbocycles. The minimum atomic E-state index is -1.56. The van der Waals surface area contributed by atoms with Crippen LogP contribution in [-0.4, -0.2) is 102 Å². The fourth-order valence-electron chi connectivity index (χ4n) is 5.46. The number of carbonyl (C=O) groups is 4. The number of rotatable bonds is 11. The van der Waals surface area contributed by atoms with Crippen LogP contribution >= 0.6 is 0 Å². The van der Waals surface area contributed by atoms with Crippen LogP contribution in [0.2, 0.25) is 0 Å². The summed E-state index contributed by atoms with van der Waals surface area (Å²) in [6, 6.07) is 0. The molecule has 9 atom stereocenters. The van der Waals surface area contributed by atoms with E-state index in [9.17, 15) is 34.5 Å². The zero-order valence-electron chi connectivity index (χ0n) is 23.8. The third kappa shape index (κ3) is 8.16. The van der Waals surface area contributed by atoms with Gasteiger partial charge in [-0.1, -0.05) is 13.8 Å². The lowest BCUT2D eigenvalue weighted by atomic mass is 9.81. The monoisotopic (exact) mass is 588 g/mol. The number of aliphatic hydroxyl groups excluding tert-OH is 2. The molecule has 232 valence electrons. The standard InChI is InChI=1S/C27H40O14/c1-13(2)8-20(32)41-25-21-18(6-7-27(21,34)12-37-14(3)29)17(10-35-25)11-36-26-24(39-16(5)31)23(38-15(4)30)22(33)19(9-28)40-26/h10,13,18-19,21-26,28,33-34H,6-9,11-12H2,1-5H3/t18-,19-,21-,22-,23-,24-,25-,26-,27+/m1/s1. The Labute approximate surface area is 237 Å². The highest BCUT2D eigenvalue weighted by molar-refractivity contribution is 5.70. The molecule has 0 aromatic heterocycles. The molecule has 0 unspecified atom stereocenters. The van der Waals surface area contributed by atoms with Crippen molar-refractivity contribution in [1.29, 1.82) is 0 Å². The number of ether oxygens (including phenoxy) is 7. The number of esters is 4. The summed E-state index contributed by atoms with van der Waals surface area (Å²) in [7, 11) is 0.